The van der Waals surface area contributed by atoms with Crippen molar-refractivity contribution in [1.29, 1.82) is 0 Å². The van der Waals surface area contributed by atoms with E-state index in [2.05, 4.69) is 15.4 Å². The van der Waals surface area contributed by atoms with Gasteiger partial charge in [-0.2, -0.15) is 0 Å². The predicted octanol–water partition coefficient (Wildman–Crippen LogP) is 1.76. The van der Waals surface area contributed by atoms with Crippen molar-refractivity contribution >= 4 is 5.82 Å². The third-order valence-electron chi connectivity index (χ3n) is 2.96. The summed E-state index contributed by atoms with van der Waals surface area (Å²) in [5.41, 5.74) is 5.04. The summed E-state index contributed by atoms with van der Waals surface area (Å²) in [6.45, 7) is 3.78. The van der Waals surface area contributed by atoms with Crippen molar-refractivity contribution in [3.63, 3.8) is 0 Å². The summed E-state index contributed by atoms with van der Waals surface area (Å²) in [5, 5.41) is 9.58. The molecule has 1 heterocycles. The van der Waals surface area contributed by atoms with Gasteiger partial charge in [-0.25, -0.2) is 15.8 Å². The van der Waals surface area contributed by atoms with E-state index in [1.165, 1.54) is 7.11 Å². The van der Waals surface area contributed by atoms with Gasteiger partial charge in [-0.05, 0) is 32.0 Å². The first kappa shape index (κ1) is 13.1. The summed E-state index contributed by atoms with van der Waals surface area (Å²) < 4.78 is 5.07. The van der Waals surface area contributed by atoms with Gasteiger partial charge in [0.15, 0.2) is 17.3 Å². The fourth-order valence-electron chi connectivity index (χ4n) is 1.72. The first-order valence-corrected chi connectivity index (χ1v) is 5.76. The van der Waals surface area contributed by atoms with E-state index in [-0.39, 0.29) is 5.75 Å². The molecule has 0 saturated heterocycles. The van der Waals surface area contributed by atoms with Crippen molar-refractivity contribution in [3.8, 4) is 22.9 Å². The number of benzene rings is 1. The number of phenolic OH excluding ortho intramolecular Hbond substituents is 1. The fraction of sp³-hybridized carbons (Fsp3) is 0.231. The number of hydrazine groups is 1. The molecule has 0 aliphatic heterocycles. The Bertz CT molecular complexity index is 614. The van der Waals surface area contributed by atoms with Crippen LogP contribution in [0, 0.1) is 13.8 Å². The molecule has 6 nitrogen and oxygen atoms in total. The summed E-state index contributed by atoms with van der Waals surface area (Å²) in [6, 6.07) is 4.95. The molecule has 0 bridgehead atoms. The minimum Gasteiger partial charge on any atom is -0.504 e. The maximum absolute atomic E-state index is 9.58. The standard InChI is InChI=1S/C13H16N4O2/c1-7-8(2)15-13(16-12(7)17-14)9-4-5-10(18)11(6-9)19-3/h4-6,18H,14H2,1-3H3,(H,15,16,17). The Labute approximate surface area is 111 Å². The smallest absolute Gasteiger partial charge is 0.161 e. The topological polar surface area (TPSA) is 93.3 Å². The summed E-state index contributed by atoms with van der Waals surface area (Å²) in [4.78, 5) is 8.76. The van der Waals surface area contributed by atoms with Gasteiger partial charge in [0.05, 0.1) is 7.11 Å². The highest BCUT2D eigenvalue weighted by Crippen LogP contribution is 2.30. The van der Waals surface area contributed by atoms with Crippen LogP contribution < -0.4 is 16.0 Å². The second-order valence-electron chi connectivity index (χ2n) is 4.14. The number of anilines is 1. The Hall–Kier alpha value is -2.34. The lowest BCUT2D eigenvalue weighted by Crippen LogP contribution is -2.12. The molecule has 100 valence electrons. The Morgan fingerprint density at radius 2 is 2.00 bits per heavy atom. The van der Waals surface area contributed by atoms with E-state index in [0.717, 1.165) is 16.8 Å². The Kier molecular flexibility index (Phi) is 3.52. The number of ether oxygens (including phenoxy) is 1. The number of nitrogens with zero attached hydrogens (tertiary/aromatic N) is 2. The van der Waals surface area contributed by atoms with Crippen LogP contribution in [0.3, 0.4) is 0 Å². The van der Waals surface area contributed by atoms with Crippen LogP contribution in [0.4, 0.5) is 5.82 Å². The van der Waals surface area contributed by atoms with Gasteiger partial charge in [0, 0.05) is 16.8 Å². The minimum atomic E-state index is 0.0762. The zero-order valence-electron chi connectivity index (χ0n) is 11.1. The molecule has 2 aromatic rings. The highest BCUT2D eigenvalue weighted by atomic mass is 16.5. The Morgan fingerprint density at radius 1 is 1.26 bits per heavy atom. The van der Waals surface area contributed by atoms with Crippen molar-refractivity contribution in [1.82, 2.24) is 9.97 Å². The minimum absolute atomic E-state index is 0.0762. The lowest BCUT2D eigenvalue weighted by atomic mass is 10.1. The van der Waals surface area contributed by atoms with Crippen LogP contribution in [-0.2, 0) is 0 Å². The molecule has 6 heteroatoms. The van der Waals surface area contributed by atoms with E-state index < -0.39 is 0 Å². The Morgan fingerprint density at radius 3 is 2.63 bits per heavy atom. The fourth-order valence-corrected chi connectivity index (χ4v) is 1.72. The van der Waals surface area contributed by atoms with E-state index >= 15 is 0 Å². The van der Waals surface area contributed by atoms with E-state index in [9.17, 15) is 5.11 Å². The number of rotatable bonds is 3. The molecular formula is C13H16N4O2. The number of aromatic nitrogens is 2. The van der Waals surface area contributed by atoms with E-state index in [1.54, 1.807) is 18.2 Å². The number of nitrogen functional groups attached to an aromatic ring is 1. The number of aryl methyl sites for hydroxylation is 1. The van der Waals surface area contributed by atoms with Crippen molar-refractivity contribution in [2.75, 3.05) is 12.5 Å². The monoisotopic (exact) mass is 260 g/mol. The van der Waals surface area contributed by atoms with Crippen molar-refractivity contribution in [2.24, 2.45) is 5.84 Å². The number of phenols is 1. The summed E-state index contributed by atoms with van der Waals surface area (Å²) in [7, 11) is 1.49. The normalized spacial score (nSPS) is 10.3. The van der Waals surface area contributed by atoms with Crippen molar-refractivity contribution in [2.45, 2.75) is 13.8 Å². The molecule has 0 aliphatic carbocycles. The zero-order chi connectivity index (χ0) is 14.0. The second kappa shape index (κ2) is 5.11. The third kappa shape index (κ3) is 2.43. The molecule has 0 saturated carbocycles. The lowest BCUT2D eigenvalue weighted by Gasteiger charge is -2.10. The molecule has 0 radical (unpaired) electrons. The van der Waals surface area contributed by atoms with Crippen LogP contribution in [0.25, 0.3) is 11.4 Å². The summed E-state index contributed by atoms with van der Waals surface area (Å²) in [5.74, 6) is 7.00. The van der Waals surface area contributed by atoms with Gasteiger partial charge in [0.25, 0.3) is 0 Å². The van der Waals surface area contributed by atoms with Crippen LogP contribution in [0.5, 0.6) is 11.5 Å². The van der Waals surface area contributed by atoms with E-state index in [4.69, 9.17) is 10.6 Å². The molecule has 4 N–H and O–H groups in total. The molecule has 0 atom stereocenters. The molecule has 19 heavy (non-hydrogen) atoms. The summed E-state index contributed by atoms with van der Waals surface area (Å²) in [6.07, 6.45) is 0. The highest BCUT2D eigenvalue weighted by Gasteiger charge is 2.11. The molecule has 0 spiro atoms. The number of aromatic hydroxyl groups is 1. The predicted molar refractivity (Wildman–Crippen MR) is 73.0 cm³/mol. The molecule has 0 fully saturated rings. The maximum atomic E-state index is 9.58. The van der Waals surface area contributed by atoms with Gasteiger partial charge in [0.1, 0.15) is 5.82 Å². The van der Waals surface area contributed by atoms with Crippen LogP contribution >= 0.6 is 0 Å². The number of nitrogens with two attached hydrogens (primary N) is 1. The van der Waals surface area contributed by atoms with Gasteiger partial charge in [0.2, 0.25) is 0 Å². The maximum Gasteiger partial charge on any atom is 0.161 e. The SMILES string of the molecule is COc1cc(-c2nc(C)c(C)c(NN)n2)ccc1O. The molecule has 0 amide bonds. The first-order valence-electron chi connectivity index (χ1n) is 5.76. The quantitative estimate of drug-likeness (QED) is 0.575. The van der Waals surface area contributed by atoms with Gasteiger partial charge < -0.3 is 15.3 Å². The Balaban J connectivity index is 2.55. The van der Waals surface area contributed by atoms with Crippen molar-refractivity contribution < 1.29 is 9.84 Å². The number of hydrogen-bond acceptors (Lipinski definition) is 6. The van der Waals surface area contributed by atoms with Gasteiger partial charge in [-0.3, -0.25) is 0 Å². The molecule has 1 aromatic carbocycles. The van der Waals surface area contributed by atoms with Crippen LogP contribution in [-0.4, -0.2) is 22.2 Å². The number of hydrogen-bond donors (Lipinski definition) is 3. The number of nitrogens with one attached hydrogen (secondary N) is 1. The van der Waals surface area contributed by atoms with E-state index in [0.29, 0.717) is 17.4 Å². The zero-order valence-corrected chi connectivity index (χ0v) is 11.1. The average molecular weight is 260 g/mol. The third-order valence-corrected chi connectivity index (χ3v) is 2.96. The van der Waals surface area contributed by atoms with Gasteiger partial charge in [-0.15, -0.1) is 0 Å². The van der Waals surface area contributed by atoms with Crippen LogP contribution in [0.2, 0.25) is 0 Å². The average Bonchev–Trinajstić information content (AvgIpc) is 2.42. The highest BCUT2D eigenvalue weighted by molar-refractivity contribution is 5.63. The molecule has 1 aromatic heterocycles. The first-order chi connectivity index (χ1) is 9.06. The molecule has 0 unspecified atom stereocenters. The second-order valence-corrected chi connectivity index (χ2v) is 4.14. The largest absolute Gasteiger partial charge is 0.504 e. The van der Waals surface area contributed by atoms with Crippen molar-refractivity contribution in [3.05, 3.63) is 29.5 Å². The molecular weight excluding hydrogens is 244 g/mol. The van der Waals surface area contributed by atoms with E-state index in [1.807, 2.05) is 13.8 Å². The van der Waals surface area contributed by atoms with Gasteiger partial charge >= 0.3 is 0 Å². The summed E-state index contributed by atoms with van der Waals surface area (Å²) >= 11 is 0. The molecule has 2 rings (SSSR count). The van der Waals surface area contributed by atoms with Gasteiger partial charge in [-0.1, -0.05) is 0 Å². The van der Waals surface area contributed by atoms with Crippen LogP contribution in [0.15, 0.2) is 18.2 Å². The van der Waals surface area contributed by atoms with Crippen LogP contribution in [0.1, 0.15) is 11.3 Å². The molecule has 0 aliphatic rings. The lowest BCUT2D eigenvalue weighted by molar-refractivity contribution is 0.373. The number of methoxy groups -OCH3 is 1.